The van der Waals surface area contributed by atoms with Crippen LogP contribution in [0.2, 0.25) is 0 Å². The number of rotatable bonds is 9. The van der Waals surface area contributed by atoms with E-state index in [0.717, 1.165) is 34.5 Å². The summed E-state index contributed by atoms with van der Waals surface area (Å²) in [6.45, 7) is 6.62. The maximum absolute atomic E-state index is 13.0. The molecule has 6 nitrogen and oxygen atoms in total. The van der Waals surface area contributed by atoms with Crippen molar-refractivity contribution in [3.8, 4) is 28.8 Å². The van der Waals surface area contributed by atoms with Crippen molar-refractivity contribution in [1.82, 2.24) is 15.1 Å². The monoisotopic (exact) mass is 490 g/mol. The lowest BCUT2D eigenvalue weighted by molar-refractivity contribution is -0.117. The summed E-state index contributed by atoms with van der Waals surface area (Å²) in [5.74, 6) is 0.397. The van der Waals surface area contributed by atoms with E-state index >= 15 is 0 Å². The predicted molar refractivity (Wildman–Crippen MR) is 146 cm³/mol. The number of ether oxygens (including phenoxy) is 1. The molecule has 0 saturated heterocycles. The topological polar surface area (TPSA) is 79.9 Å². The van der Waals surface area contributed by atoms with Gasteiger partial charge in [-0.05, 0) is 67.8 Å². The van der Waals surface area contributed by atoms with Gasteiger partial charge in [-0.1, -0.05) is 55.5 Å². The summed E-state index contributed by atoms with van der Waals surface area (Å²) in [5.41, 5.74) is 5.06. The van der Waals surface area contributed by atoms with Crippen molar-refractivity contribution in [2.45, 2.75) is 33.2 Å². The molecule has 0 fully saturated rings. The van der Waals surface area contributed by atoms with Gasteiger partial charge in [-0.3, -0.25) is 4.79 Å². The van der Waals surface area contributed by atoms with Crippen molar-refractivity contribution < 1.29 is 9.53 Å². The third kappa shape index (κ3) is 6.14. The molecule has 37 heavy (non-hydrogen) atoms. The number of para-hydroxylation sites is 1. The van der Waals surface area contributed by atoms with Crippen LogP contribution in [0.25, 0.3) is 23.0 Å². The van der Waals surface area contributed by atoms with Crippen LogP contribution in [0.3, 0.4) is 0 Å². The lowest BCUT2D eigenvalue weighted by atomic mass is 10.0. The number of benzene rings is 3. The largest absolute Gasteiger partial charge is 0.493 e. The smallest absolute Gasteiger partial charge is 0.262 e. The molecule has 1 amide bonds. The highest BCUT2D eigenvalue weighted by Gasteiger charge is 2.18. The van der Waals surface area contributed by atoms with Crippen LogP contribution in [-0.4, -0.2) is 22.3 Å². The molecule has 1 heterocycles. The van der Waals surface area contributed by atoms with Crippen LogP contribution in [-0.2, 0) is 4.79 Å². The number of hydrogen-bond donors (Lipinski definition) is 1. The standard InChI is InChI=1S/C31H30N4O2/c1-4-17-37-29-16-15-25(18-22(29)2)30-27(21-35(34-30)28-13-9-6-10-14-28)19-26(20-32)31(36)33-23(3)24-11-7-5-8-12-24/h5-16,18-19,21,23H,4,17H2,1-3H3,(H,33,36)/b26-19-/t23-/m0/s1. The number of carbonyl (C=O) groups is 1. The first-order chi connectivity index (χ1) is 18.0. The summed E-state index contributed by atoms with van der Waals surface area (Å²) in [6.07, 6.45) is 4.37. The molecule has 6 heteroatoms. The Balaban J connectivity index is 1.71. The minimum absolute atomic E-state index is 0.0104. The molecule has 0 aliphatic heterocycles. The highest BCUT2D eigenvalue weighted by atomic mass is 16.5. The summed E-state index contributed by atoms with van der Waals surface area (Å²) >= 11 is 0. The highest BCUT2D eigenvalue weighted by Crippen LogP contribution is 2.30. The van der Waals surface area contributed by atoms with E-state index in [4.69, 9.17) is 9.84 Å². The second-order valence-electron chi connectivity index (χ2n) is 8.82. The van der Waals surface area contributed by atoms with Gasteiger partial charge in [0.2, 0.25) is 0 Å². The van der Waals surface area contributed by atoms with Gasteiger partial charge in [-0.25, -0.2) is 4.68 Å². The normalized spacial score (nSPS) is 12.0. The van der Waals surface area contributed by atoms with Crippen molar-refractivity contribution in [3.05, 3.63) is 107 Å². The zero-order valence-electron chi connectivity index (χ0n) is 21.3. The number of amides is 1. The molecule has 4 rings (SSSR count). The Bertz CT molecular complexity index is 1430. The van der Waals surface area contributed by atoms with Crippen LogP contribution in [0, 0.1) is 18.3 Å². The van der Waals surface area contributed by atoms with E-state index in [9.17, 15) is 10.1 Å². The van der Waals surface area contributed by atoms with Gasteiger partial charge in [0.1, 0.15) is 23.1 Å². The van der Waals surface area contributed by atoms with Crippen LogP contribution in [0.1, 0.15) is 43.0 Å². The van der Waals surface area contributed by atoms with E-state index in [1.54, 1.807) is 10.8 Å². The minimum atomic E-state index is -0.434. The molecule has 0 aliphatic rings. The molecular weight excluding hydrogens is 460 g/mol. The first kappa shape index (κ1) is 25.5. The average molecular weight is 491 g/mol. The summed E-state index contributed by atoms with van der Waals surface area (Å²) in [4.78, 5) is 13.0. The van der Waals surface area contributed by atoms with E-state index < -0.39 is 5.91 Å². The molecule has 0 bridgehead atoms. The summed E-state index contributed by atoms with van der Waals surface area (Å²) < 4.78 is 7.60. The van der Waals surface area contributed by atoms with Crippen molar-refractivity contribution in [2.24, 2.45) is 0 Å². The summed E-state index contributed by atoms with van der Waals surface area (Å²) in [7, 11) is 0. The number of nitrogens with zero attached hydrogens (tertiary/aromatic N) is 3. The number of aryl methyl sites for hydroxylation is 1. The minimum Gasteiger partial charge on any atom is -0.493 e. The predicted octanol–water partition coefficient (Wildman–Crippen LogP) is 6.42. The molecule has 0 radical (unpaired) electrons. The number of hydrogen-bond acceptors (Lipinski definition) is 4. The van der Waals surface area contributed by atoms with E-state index in [2.05, 4.69) is 18.3 Å². The number of carbonyl (C=O) groups excluding carboxylic acids is 1. The van der Waals surface area contributed by atoms with Gasteiger partial charge in [0.25, 0.3) is 5.91 Å². The molecule has 0 unspecified atom stereocenters. The summed E-state index contributed by atoms with van der Waals surface area (Å²) in [5, 5.41) is 17.6. The Morgan fingerprint density at radius 3 is 2.46 bits per heavy atom. The van der Waals surface area contributed by atoms with Gasteiger partial charge in [-0.2, -0.15) is 10.4 Å². The average Bonchev–Trinajstić information content (AvgIpc) is 3.35. The van der Waals surface area contributed by atoms with E-state index in [1.165, 1.54) is 0 Å². The summed E-state index contributed by atoms with van der Waals surface area (Å²) in [6, 6.07) is 27.1. The van der Waals surface area contributed by atoms with Gasteiger partial charge in [0.05, 0.1) is 18.3 Å². The highest BCUT2D eigenvalue weighted by molar-refractivity contribution is 6.02. The molecular formula is C31H30N4O2. The molecule has 0 aliphatic carbocycles. The Hall–Kier alpha value is -4.63. The molecule has 0 saturated carbocycles. The van der Waals surface area contributed by atoms with Crippen molar-refractivity contribution in [1.29, 1.82) is 5.26 Å². The van der Waals surface area contributed by atoms with E-state index in [1.807, 2.05) is 98.9 Å². The number of aromatic nitrogens is 2. The Kier molecular flexibility index (Phi) is 8.17. The van der Waals surface area contributed by atoms with Crippen LogP contribution in [0.4, 0.5) is 0 Å². The van der Waals surface area contributed by atoms with Crippen LogP contribution in [0.15, 0.2) is 90.6 Å². The van der Waals surface area contributed by atoms with Crippen LogP contribution < -0.4 is 10.1 Å². The quantitative estimate of drug-likeness (QED) is 0.217. The molecule has 4 aromatic rings. The second kappa shape index (κ2) is 11.9. The second-order valence-corrected chi connectivity index (χ2v) is 8.82. The lowest BCUT2D eigenvalue weighted by Gasteiger charge is -2.13. The van der Waals surface area contributed by atoms with Crippen LogP contribution in [0.5, 0.6) is 5.75 Å². The van der Waals surface area contributed by atoms with Crippen LogP contribution >= 0.6 is 0 Å². The zero-order chi connectivity index (χ0) is 26.2. The number of nitriles is 1. The van der Waals surface area contributed by atoms with Gasteiger partial charge < -0.3 is 10.1 Å². The van der Waals surface area contributed by atoms with Crippen molar-refractivity contribution in [2.75, 3.05) is 6.61 Å². The maximum atomic E-state index is 13.0. The third-order valence-electron chi connectivity index (χ3n) is 5.99. The number of nitrogens with one attached hydrogen (secondary N) is 1. The molecule has 1 N–H and O–H groups in total. The SMILES string of the molecule is CCCOc1ccc(-c2nn(-c3ccccc3)cc2/C=C(/C#N)C(=O)N[C@@H](C)c2ccccc2)cc1C. The van der Waals surface area contributed by atoms with Gasteiger partial charge in [0.15, 0.2) is 0 Å². The molecule has 3 aromatic carbocycles. The van der Waals surface area contributed by atoms with E-state index in [-0.39, 0.29) is 11.6 Å². The van der Waals surface area contributed by atoms with E-state index in [0.29, 0.717) is 17.9 Å². The molecule has 1 atom stereocenters. The van der Waals surface area contributed by atoms with Gasteiger partial charge in [0, 0.05) is 17.3 Å². The fourth-order valence-corrected chi connectivity index (χ4v) is 4.00. The first-order valence-corrected chi connectivity index (χ1v) is 12.4. The Labute approximate surface area is 217 Å². The lowest BCUT2D eigenvalue weighted by Crippen LogP contribution is -2.27. The Morgan fingerprint density at radius 1 is 1.11 bits per heavy atom. The third-order valence-corrected chi connectivity index (χ3v) is 5.99. The van der Waals surface area contributed by atoms with Crippen molar-refractivity contribution >= 4 is 12.0 Å². The first-order valence-electron chi connectivity index (χ1n) is 12.4. The van der Waals surface area contributed by atoms with Gasteiger partial charge >= 0.3 is 0 Å². The molecule has 186 valence electrons. The molecule has 0 spiro atoms. The molecule has 1 aromatic heterocycles. The zero-order valence-corrected chi connectivity index (χ0v) is 21.3. The fraction of sp³-hybridized carbons (Fsp3) is 0.194. The fourth-order valence-electron chi connectivity index (χ4n) is 4.00. The Morgan fingerprint density at radius 2 is 1.81 bits per heavy atom. The van der Waals surface area contributed by atoms with Gasteiger partial charge in [-0.15, -0.1) is 0 Å². The van der Waals surface area contributed by atoms with Crippen molar-refractivity contribution in [3.63, 3.8) is 0 Å². The maximum Gasteiger partial charge on any atom is 0.262 e.